The normalized spacial score (nSPS) is 21.7. The van der Waals surface area contributed by atoms with Gasteiger partial charge < -0.3 is 10.2 Å². The molecule has 1 aromatic rings. The third-order valence-electron chi connectivity index (χ3n) is 4.38. The summed E-state index contributed by atoms with van der Waals surface area (Å²) in [4.78, 5) is 13.6. The number of halogens is 1. The van der Waals surface area contributed by atoms with E-state index in [0.29, 0.717) is 17.3 Å². The Morgan fingerprint density at radius 3 is 2.54 bits per heavy atom. The molecule has 0 bridgehead atoms. The van der Waals surface area contributed by atoms with E-state index in [1.165, 1.54) is 37.2 Å². The number of carbonyl (C=O) groups is 1. The summed E-state index contributed by atoms with van der Waals surface area (Å²) in [5.74, 6) is 0.569. The van der Waals surface area contributed by atoms with Gasteiger partial charge in [0.25, 0.3) is 5.91 Å². The Labute approximate surface area is 148 Å². The molecule has 1 aromatic carbocycles. The van der Waals surface area contributed by atoms with E-state index in [1.54, 1.807) is 0 Å². The molecule has 134 valence electrons. The summed E-state index contributed by atoms with van der Waals surface area (Å²) < 4.78 is 25.5. The molecule has 0 atom stereocenters. The molecule has 2 rings (SSSR count). The number of quaternary nitrogens is 1. The molecule has 1 amide bonds. The average Bonchev–Trinajstić information content (AvgIpc) is 2.51. The van der Waals surface area contributed by atoms with Crippen molar-refractivity contribution in [3.05, 3.63) is 23.2 Å². The van der Waals surface area contributed by atoms with E-state index < -0.39 is 10.0 Å². The Balaban J connectivity index is 2.07. The number of nitrogens with one attached hydrogen (secondary N) is 2. The molecule has 0 saturated carbocycles. The SMILES string of the molecule is CC1CC[NH+](CC(=O)Nc2cc(S(=O)(=O)N(C)C)ccc2Cl)CC1. The first-order chi connectivity index (χ1) is 11.2. The molecule has 0 unspecified atom stereocenters. The van der Waals surface area contributed by atoms with E-state index in [1.807, 2.05) is 0 Å². The van der Waals surface area contributed by atoms with Crippen molar-refractivity contribution < 1.29 is 18.1 Å². The second-order valence-corrected chi connectivity index (χ2v) is 9.15. The summed E-state index contributed by atoms with van der Waals surface area (Å²) in [5.41, 5.74) is 0.328. The third-order valence-corrected chi connectivity index (χ3v) is 6.52. The lowest BCUT2D eigenvalue weighted by Crippen LogP contribution is -3.14. The lowest BCUT2D eigenvalue weighted by Gasteiger charge is -2.26. The van der Waals surface area contributed by atoms with E-state index in [-0.39, 0.29) is 10.8 Å². The number of hydrogen-bond donors (Lipinski definition) is 2. The third kappa shape index (κ3) is 4.69. The fourth-order valence-corrected chi connectivity index (χ4v) is 3.83. The summed E-state index contributed by atoms with van der Waals surface area (Å²) >= 11 is 6.10. The van der Waals surface area contributed by atoms with Gasteiger partial charge in [0.1, 0.15) is 0 Å². The monoisotopic (exact) mass is 374 g/mol. The Kier molecular flexibility index (Phi) is 6.25. The number of rotatable bonds is 5. The number of hydrogen-bond acceptors (Lipinski definition) is 3. The zero-order chi connectivity index (χ0) is 17.9. The van der Waals surface area contributed by atoms with Gasteiger partial charge in [0, 0.05) is 14.1 Å². The van der Waals surface area contributed by atoms with Crippen LogP contribution < -0.4 is 10.2 Å². The van der Waals surface area contributed by atoms with Crippen LogP contribution in [0.25, 0.3) is 0 Å². The van der Waals surface area contributed by atoms with E-state index in [0.717, 1.165) is 36.2 Å². The van der Waals surface area contributed by atoms with Crippen LogP contribution in [0.4, 0.5) is 5.69 Å². The van der Waals surface area contributed by atoms with E-state index >= 15 is 0 Å². The topological polar surface area (TPSA) is 70.9 Å². The molecule has 0 aromatic heterocycles. The van der Waals surface area contributed by atoms with Crippen molar-refractivity contribution in [3.63, 3.8) is 0 Å². The zero-order valence-corrected chi connectivity index (χ0v) is 15.9. The highest BCUT2D eigenvalue weighted by atomic mass is 35.5. The number of anilines is 1. The Morgan fingerprint density at radius 2 is 1.96 bits per heavy atom. The fraction of sp³-hybridized carbons (Fsp3) is 0.562. The molecule has 8 heteroatoms. The number of carbonyl (C=O) groups excluding carboxylic acids is 1. The van der Waals surface area contributed by atoms with Crippen LogP contribution in [0, 0.1) is 5.92 Å². The fourth-order valence-electron chi connectivity index (χ4n) is 2.74. The van der Waals surface area contributed by atoms with Gasteiger partial charge in [-0.25, -0.2) is 12.7 Å². The summed E-state index contributed by atoms with van der Waals surface area (Å²) in [5, 5.41) is 3.07. The summed E-state index contributed by atoms with van der Waals surface area (Å²) in [6.45, 7) is 4.57. The van der Waals surface area contributed by atoms with Gasteiger partial charge in [-0.1, -0.05) is 18.5 Å². The first-order valence-electron chi connectivity index (χ1n) is 8.05. The van der Waals surface area contributed by atoms with Crippen LogP contribution in [0.5, 0.6) is 0 Å². The summed E-state index contributed by atoms with van der Waals surface area (Å²) in [7, 11) is -0.645. The van der Waals surface area contributed by atoms with E-state index in [2.05, 4.69) is 12.2 Å². The van der Waals surface area contributed by atoms with Crippen molar-refractivity contribution in [2.24, 2.45) is 5.92 Å². The summed E-state index contributed by atoms with van der Waals surface area (Å²) in [6.07, 6.45) is 2.25. The summed E-state index contributed by atoms with van der Waals surface area (Å²) in [6, 6.07) is 4.33. The second-order valence-electron chi connectivity index (χ2n) is 6.59. The van der Waals surface area contributed by atoms with Crippen LogP contribution in [-0.2, 0) is 14.8 Å². The van der Waals surface area contributed by atoms with Gasteiger partial charge in [0.15, 0.2) is 6.54 Å². The molecule has 1 saturated heterocycles. The highest BCUT2D eigenvalue weighted by Crippen LogP contribution is 2.26. The van der Waals surface area contributed by atoms with Gasteiger partial charge in [0.2, 0.25) is 10.0 Å². The Bertz CT molecular complexity index is 699. The molecule has 0 spiro atoms. The maximum atomic E-state index is 12.3. The lowest BCUT2D eigenvalue weighted by atomic mass is 9.99. The molecule has 6 nitrogen and oxygen atoms in total. The highest BCUT2D eigenvalue weighted by molar-refractivity contribution is 7.89. The van der Waals surface area contributed by atoms with Gasteiger partial charge in [0.05, 0.1) is 28.7 Å². The minimum absolute atomic E-state index is 0.103. The standard InChI is InChI=1S/C16H24ClN3O3S/c1-12-6-8-20(9-7-12)11-16(21)18-15-10-13(4-5-14(15)17)24(22,23)19(2)3/h4-5,10,12H,6-9,11H2,1-3H3,(H,18,21)/p+1. The van der Waals surface area contributed by atoms with Gasteiger partial charge in [-0.3, -0.25) is 4.79 Å². The lowest BCUT2D eigenvalue weighted by molar-refractivity contribution is -0.897. The molecule has 1 heterocycles. The van der Waals surface area contributed by atoms with Gasteiger partial charge >= 0.3 is 0 Å². The molecule has 0 aliphatic carbocycles. The van der Waals surface area contributed by atoms with Crippen molar-refractivity contribution in [1.29, 1.82) is 0 Å². The molecular weight excluding hydrogens is 350 g/mol. The molecule has 0 radical (unpaired) electrons. The van der Waals surface area contributed by atoms with Crippen LogP contribution in [0.2, 0.25) is 5.02 Å². The predicted molar refractivity (Wildman–Crippen MR) is 94.9 cm³/mol. The van der Waals surface area contributed by atoms with Crippen LogP contribution in [-0.4, -0.2) is 52.4 Å². The quantitative estimate of drug-likeness (QED) is 0.802. The van der Waals surface area contributed by atoms with E-state index in [4.69, 9.17) is 11.6 Å². The van der Waals surface area contributed by atoms with Crippen molar-refractivity contribution in [3.8, 4) is 0 Å². The molecule has 1 aliphatic heterocycles. The number of amides is 1. The van der Waals surface area contributed by atoms with Crippen LogP contribution >= 0.6 is 11.6 Å². The Morgan fingerprint density at radius 1 is 1.33 bits per heavy atom. The van der Waals surface area contributed by atoms with Gasteiger partial charge in [-0.2, -0.15) is 0 Å². The number of benzene rings is 1. The molecule has 1 fully saturated rings. The van der Waals surface area contributed by atoms with Crippen molar-refractivity contribution >= 4 is 33.2 Å². The number of piperidine rings is 1. The molecule has 24 heavy (non-hydrogen) atoms. The van der Waals surface area contributed by atoms with Crippen LogP contribution in [0.15, 0.2) is 23.1 Å². The van der Waals surface area contributed by atoms with Crippen molar-refractivity contribution in [1.82, 2.24) is 4.31 Å². The van der Waals surface area contributed by atoms with Gasteiger partial charge in [-0.05, 0) is 37.0 Å². The van der Waals surface area contributed by atoms with Crippen LogP contribution in [0.3, 0.4) is 0 Å². The smallest absolute Gasteiger partial charge is 0.279 e. The number of sulfonamides is 1. The predicted octanol–water partition coefficient (Wildman–Crippen LogP) is 0.844. The first kappa shape index (κ1) is 19.2. The number of nitrogens with zero attached hydrogens (tertiary/aromatic N) is 1. The van der Waals surface area contributed by atoms with Gasteiger partial charge in [-0.15, -0.1) is 0 Å². The van der Waals surface area contributed by atoms with E-state index in [9.17, 15) is 13.2 Å². The molecule has 2 N–H and O–H groups in total. The Hall–Kier alpha value is -1.15. The number of likely N-dealkylation sites (tertiary alicyclic amines) is 1. The molecule has 1 aliphatic rings. The maximum Gasteiger partial charge on any atom is 0.279 e. The minimum Gasteiger partial charge on any atom is -0.327 e. The maximum absolute atomic E-state index is 12.3. The highest BCUT2D eigenvalue weighted by Gasteiger charge is 2.23. The first-order valence-corrected chi connectivity index (χ1v) is 9.87. The average molecular weight is 375 g/mol. The largest absolute Gasteiger partial charge is 0.327 e. The minimum atomic E-state index is -3.57. The zero-order valence-electron chi connectivity index (χ0n) is 14.3. The van der Waals surface area contributed by atoms with Crippen molar-refractivity contribution in [2.75, 3.05) is 39.0 Å². The molecular formula is C16H25ClN3O3S+. The van der Waals surface area contributed by atoms with Crippen LogP contribution in [0.1, 0.15) is 19.8 Å². The second kappa shape index (κ2) is 7.82. The van der Waals surface area contributed by atoms with Crippen molar-refractivity contribution in [2.45, 2.75) is 24.7 Å².